The topological polar surface area (TPSA) is 78.4 Å². The molecule has 0 aromatic heterocycles. The van der Waals surface area contributed by atoms with Crippen LogP contribution in [0.1, 0.15) is 39.0 Å². The van der Waals surface area contributed by atoms with E-state index in [-0.39, 0.29) is 6.03 Å². The maximum absolute atomic E-state index is 10.0. The largest absolute Gasteiger partial charge is 0.400 e. The summed E-state index contributed by atoms with van der Waals surface area (Å²) in [6, 6.07) is -0.0463. The second kappa shape index (κ2) is 16.3. The molecule has 2 amide bonds. The third-order valence-electron chi connectivity index (χ3n) is 1.87. The van der Waals surface area contributed by atoms with Gasteiger partial charge >= 0.3 is 6.03 Å². The number of urea groups is 1. The zero-order chi connectivity index (χ0) is 12.6. The van der Waals surface area contributed by atoms with Crippen molar-refractivity contribution >= 4 is 12.3 Å². The van der Waals surface area contributed by atoms with E-state index in [0.717, 1.165) is 39.3 Å². The lowest BCUT2D eigenvalue weighted by Crippen LogP contribution is -2.20. The lowest BCUT2D eigenvalue weighted by Gasteiger charge is -1.90. The molecule has 1 aliphatic rings. The van der Waals surface area contributed by atoms with Gasteiger partial charge in [-0.05, 0) is 6.42 Å². The van der Waals surface area contributed by atoms with Crippen molar-refractivity contribution in [1.29, 1.82) is 0 Å². The first-order chi connectivity index (χ1) is 7.81. The van der Waals surface area contributed by atoms with Gasteiger partial charge in [-0.25, -0.2) is 4.79 Å². The van der Waals surface area contributed by atoms with Crippen LogP contribution in [0.2, 0.25) is 0 Å². The highest BCUT2D eigenvalue weighted by Gasteiger charge is 2.03. The molecule has 1 saturated heterocycles. The number of amides is 2. The maximum Gasteiger partial charge on any atom is 0.314 e. The van der Waals surface area contributed by atoms with Crippen LogP contribution in [-0.4, -0.2) is 37.6 Å². The van der Waals surface area contributed by atoms with Gasteiger partial charge in [0.2, 0.25) is 0 Å². The highest BCUT2D eigenvalue weighted by Crippen LogP contribution is 1.99. The number of aldehydes is 1. The standard InChI is InChI=1S/C7H14O.C3H6N2O.CH4O/c1-2-3-4-5-6-7-8;6-3-4-1-2-5-3;1-2/h7H,2-6H2,1H3;1-2H2,(H2,4,5,6);2H,1H3. The lowest BCUT2D eigenvalue weighted by molar-refractivity contribution is -0.107. The first-order valence-corrected chi connectivity index (χ1v) is 5.71. The predicted molar refractivity (Wildman–Crippen MR) is 64.4 cm³/mol. The third-order valence-corrected chi connectivity index (χ3v) is 1.87. The van der Waals surface area contributed by atoms with E-state index in [4.69, 9.17) is 5.11 Å². The number of hydrogen-bond acceptors (Lipinski definition) is 3. The van der Waals surface area contributed by atoms with E-state index < -0.39 is 0 Å². The fourth-order valence-corrected chi connectivity index (χ4v) is 1.07. The molecule has 0 saturated carbocycles. The van der Waals surface area contributed by atoms with E-state index in [1.54, 1.807) is 0 Å². The molecule has 0 aromatic rings. The molecule has 3 N–H and O–H groups in total. The molecule has 0 atom stereocenters. The monoisotopic (exact) mass is 232 g/mol. The van der Waals surface area contributed by atoms with Crippen LogP contribution < -0.4 is 10.6 Å². The average molecular weight is 232 g/mol. The summed E-state index contributed by atoms with van der Waals surface area (Å²) in [6.07, 6.45) is 6.56. The highest BCUT2D eigenvalue weighted by molar-refractivity contribution is 5.75. The fourth-order valence-electron chi connectivity index (χ4n) is 1.07. The van der Waals surface area contributed by atoms with Crippen molar-refractivity contribution in [3.63, 3.8) is 0 Å². The van der Waals surface area contributed by atoms with Crippen LogP contribution in [0, 0.1) is 0 Å². The van der Waals surface area contributed by atoms with Crippen molar-refractivity contribution in [2.45, 2.75) is 39.0 Å². The van der Waals surface area contributed by atoms with Crippen molar-refractivity contribution in [1.82, 2.24) is 10.6 Å². The Hall–Kier alpha value is -1.10. The summed E-state index contributed by atoms with van der Waals surface area (Å²) >= 11 is 0. The Labute approximate surface area is 97.6 Å². The number of carbonyl (C=O) groups excluding carboxylic acids is 2. The van der Waals surface area contributed by atoms with E-state index >= 15 is 0 Å². The Kier molecular flexibility index (Phi) is 17.7. The number of unbranched alkanes of at least 4 members (excludes halogenated alkanes) is 4. The van der Waals surface area contributed by atoms with E-state index in [2.05, 4.69) is 17.6 Å². The quantitative estimate of drug-likeness (QED) is 0.490. The lowest BCUT2D eigenvalue weighted by atomic mass is 10.2. The second-order valence-corrected chi connectivity index (χ2v) is 3.20. The van der Waals surface area contributed by atoms with Gasteiger partial charge in [0.25, 0.3) is 0 Å². The van der Waals surface area contributed by atoms with Crippen molar-refractivity contribution in [3.8, 4) is 0 Å². The van der Waals surface area contributed by atoms with Crippen molar-refractivity contribution in [3.05, 3.63) is 0 Å². The SMILES string of the molecule is CCCCCCC=O.CO.O=C1NCCN1. The van der Waals surface area contributed by atoms with Gasteiger partial charge in [0.1, 0.15) is 6.29 Å². The van der Waals surface area contributed by atoms with Crippen molar-refractivity contribution < 1.29 is 14.7 Å². The Balaban J connectivity index is 0. The van der Waals surface area contributed by atoms with E-state index in [0.29, 0.717) is 0 Å². The molecule has 16 heavy (non-hydrogen) atoms. The van der Waals surface area contributed by atoms with Gasteiger partial charge in [0, 0.05) is 26.6 Å². The summed E-state index contributed by atoms with van der Waals surface area (Å²) in [5.41, 5.74) is 0. The van der Waals surface area contributed by atoms with Crippen LogP contribution in [0.5, 0.6) is 0 Å². The van der Waals surface area contributed by atoms with E-state index in [1.165, 1.54) is 19.3 Å². The van der Waals surface area contributed by atoms with Crippen LogP contribution in [0.3, 0.4) is 0 Å². The van der Waals surface area contributed by atoms with E-state index in [1.807, 2.05) is 0 Å². The van der Waals surface area contributed by atoms with Crippen molar-refractivity contribution in [2.24, 2.45) is 0 Å². The number of carbonyl (C=O) groups is 2. The second-order valence-electron chi connectivity index (χ2n) is 3.20. The minimum Gasteiger partial charge on any atom is -0.400 e. The van der Waals surface area contributed by atoms with E-state index in [9.17, 15) is 9.59 Å². The molecule has 5 heteroatoms. The summed E-state index contributed by atoms with van der Waals surface area (Å²) in [5, 5.41) is 12.1. The first-order valence-electron chi connectivity index (χ1n) is 5.71. The van der Waals surface area contributed by atoms with Crippen LogP contribution in [0.4, 0.5) is 4.79 Å². The summed E-state index contributed by atoms with van der Waals surface area (Å²) in [4.78, 5) is 19.8. The molecule has 0 unspecified atom stereocenters. The number of hydrogen-bond donors (Lipinski definition) is 3. The molecule has 96 valence electrons. The molecule has 0 aromatic carbocycles. The summed E-state index contributed by atoms with van der Waals surface area (Å²) in [6.45, 7) is 3.72. The normalized spacial score (nSPS) is 12.3. The van der Waals surface area contributed by atoms with Crippen LogP contribution in [0.25, 0.3) is 0 Å². The van der Waals surface area contributed by atoms with Crippen molar-refractivity contribution in [2.75, 3.05) is 20.2 Å². The van der Waals surface area contributed by atoms with Gasteiger partial charge in [-0.3, -0.25) is 0 Å². The number of nitrogens with one attached hydrogen (secondary N) is 2. The Morgan fingerprint density at radius 1 is 1.19 bits per heavy atom. The summed E-state index contributed by atoms with van der Waals surface area (Å²) < 4.78 is 0. The Morgan fingerprint density at radius 3 is 2.06 bits per heavy atom. The summed E-state index contributed by atoms with van der Waals surface area (Å²) in [5.74, 6) is 0. The Morgan fingerprint density at radius 2 is 1.75 bits per heavy atom. The number of aliphatic hydroxyl groups is 1. The molecular weight excluding hydrogens is 208 g/mol. The Bertz CT molecular complexity index is 155. The minimum absolute atomic E-state index is 0.0463. The molecule has 0 bridgehead atoms. The molecule has 1 aliphatic heterocycles. The fraction of sp³-hybridized carbons (Fsp3) is 0.818. The molecular formula is C11H24N2O3. The molecule has 0 aliphatic carbocycles. The molecule has 5 nitrogen and oxygen atoms in total. The molecule has 1 rings (SSSR count). The first kappa shape index (κ1) is 17.3. The van der Waals surface area contributed by atoms with Gasteiger partial charge in [-0.1, -0.05) is 26.2 Å². The molecule has 1 heterocycles. The maximum atomic E-state index is 10.0. The highest BCUT2D eigenvalue weighted by atomic mass is 16.2. The van der Waals surface area contributed by atoms with Crippen LogP contribution in [-0.2, 0) is 4.79 Å². The third kappa shape index (κ3) is 15.4. The van der Waals surface area contributed by atoms with Crippen LogP contribution >= 0.6 is 0 Å². The van der Waals surface area contributed by atoms with Gasteiger partial charge in [0.15, 0.2) is 0 Å². The predicted octanol–water partition coefficient (Wildman–Crippen LogP) is 1.06. The van der Waals surface area contributed by atoms with Gasteiger partial charge in [0.05, 0.1) is 0 Å². The van der Waals surface area contributed by atoms with Gasteiger partial charge in [-0.15, -0.1) is 0 Å². The molecule has 1 fully saturated rings. The summed E-state index contributed by atoms with van der Waals surface area (Å²) in [7, 11) is 1.00. The average Bonchev–Trinajstić information content (AvgIpc) is 2.79. The van der Waals surface area contributed by atoms with Crippen LogP contribution in [0.15, 0.2) is 0 Å². The smallest absolute Gasteiger partial charge is 0.314 e. The molecule has 0 spiro atoms. The zero-order valence-corrected chi connectivity index (χ0v) is 10.3. The zero-order valence-electron chi connectivity index (χ0n) is 10.3. The molecule has 0 radical (unpaired) electrons. The van der Waals surface area contributed by atoms with Gasteiger partial charge < -0.3 is 20.5 Å². The number of rotatable bonds is 5. The minimum atomic E-state index is -0.0463. The van der Waals surface area contributed by atoms with Gasteiger partial charge in [-0.2, -0.15) is 0 Å². The number of aliphatic hydroxyl groups excluding tert-OH is 1.